The Morgan fingerprint density at radius 3 is 2.44 bits per heavy atom. The molecule has 2 atom stereocenters. The molecule has 0 aromatic heterocycles. The van der Waals surface area contributed by atoms with E-state index < -0.39 is 0 Å². The van der Waals surface area contributed by atoms with Gasteiger partial charge in [-0.25, -0.2) is 0 Å². The molecule has 0 heterocycles. The van der Waals surface area contributed by atoms with Gasteiger partial charge in [0.1, 0.15) is 0 Å². The maximum Gasteiger partial charge on any atom is 0.0750 e. The van der Waals surface area contributed by atoms with Crippen LogP contribution in [0.1, 0.15) is 47.0 Å². The fourth-order valence-electron chi connectivity index (χ4n) is 1.98. The van der Waals surface area contributed by atoms with Crippen LogP contribution in [0.3, 0.4) is 0 Å². The van der Waals surface area contributed by atoms with E-state index in [1.54, 1.807) is 0 Å². The maximum absolute atomic E-state index is 5.86. The molecule has 0 aromatic carbocycles. The highest BCUT2D eigenvalue weighted by Crippen LogP contribution is 2.15. The average molecular weight is 227 g/mol. The molecule has 2 nitrogen and oxygen atoms in total. The topological polar surface area (TPSA) is 21.3 Å². The lowest BCUT2D eigenvalue weighted by Crippen LogP contribution is -2.44. The molecule has 16 heavy (non-hydrogen) atoms. The lowest BCUT2D eigenvalue weighted by atomic mass is 9.95. The third-order valence-electron chi connectivity index (χ3n) is 2.75. The SMILES string of the molecule is C=CCCC(NCCC)C(OCC)C(C)C. The van der Waals surface area contributed by atoms with E-state index in [9.17, 15) is 0 Å². The molecule has 0 amide bonds. The minimum atomic E-state index is 0.316. The van der Waals surface area contributed by atoms with E-state index in [1.165, 1.54) is 6.42 Å². The standard InChI is InChI=1S/C14H29NO/c1-6-9-10-13(15-11-7-2)14(12(4)5)16-8-3/h6,12-15H,1,7-11H2,2-5H3. The molecule has 0 aliphatic carbocycles. The molecule has 96 valence electrons. The summed E-state index contributed by atoms with van der Waals surface area (Å²) in [5, 5.41) is 3.60. The van der Waals surface area contributed by atoms with Crippen molar-refractivity contribution in [2.45, 2.75) is 59.1 Å². The van der Waals surface area contributed by atoms with E-state index in [4.69, 9.17) is 4.74 Å². The Kier molecular flexibility index (Phi) is 9.65. The van der Waals surface area contributed by atoms with Crippen LogP contribution >= 0.6 is 0 Å². The summed E-state index contributed by atoms with van der Waals surface area (Å²) < 4.78 is 5.86. The van der Waals surface area contributed by atoms with Crippen molar-refractivity contribution in [3.8, 4) is 0 Å². The zero-order chi connectivity index (χ0) is 12.4. The van der Waals surface area contributed by atoms with Gasteiger partial charge in [-0.3, -0.25) is 0 Å². The number of hydrogen-bond donors (Lipinski definition) is 1. The van der Waals surface area contributed by atoms with Crippen LogP contribution in [0.5, 0.6) is 0 Å². The Labute approximate surface area is 101 Å². The molecule has 0 radical (unpaired) electrons. The third-order valence-corrected chi connectivity index (χ3v) is 2.75. The van der Waals surface area contributed by atoms with Gasteiger partial charge in [0.05, 0.1) is 6.10 Å². The monoisotopic (exact) mass is 227 g/mol. The molecule has 0 spiro atoms. The molecule has 1 N–H and O–H groups in total. The molecule has 2 heteroatoms. The second kappa shape index (κ2) is 9.86. The quantitative estimate of drug-likeness (QED) is 0.578. The summed E-state index contributed by atoms with van der Waals surface area (Å²) >= 11 is 0. The van der Waals surface area contributed by atoms with E-state index >= 15 is 0 Å². The van der Waals surface area contributed by atoms with Crippen LogP contribution in [0.2, 0.25) is 0 Å². The number of rotatable bonds is 10. The molecule has 0 aliphatic heterocycles. The van der Waals surface area contributed by atoms with E-state index in [-0.39, 0.29) is 0 Å². The Morgan fingerprint density at radius 2 is 2.00 bits per heavy atom. The molecule has 0 aliphatic rings. The summed E-state index contributed by atoms with van der Waals surface area (Å²) in [5.74, 6) is 0.555. The van der Waals surface area contributed by atoms with Crippen molar-refractivity contribution < 1.29 is 4.74 Å². The number of ether oxygens (including phenoxy) is 1. The molecular formula is C14H29NO. The van der Waals surface area contributed by atoms with Crippen LogP contribution < -0.4 is 5.32 Å². The van der Waals surface area contributed by atoms with Crippen molar-refractivity contribution in [1.29, 1.82) is 0 Å². The Morgan fingerprint density at radius 1 is 1.31 bits per heavy atom. The van der Waals surface area contributed by atoms with Gasteiger partial charge in [0, 0.05) is 12.6 Å². The lowest BCUT2D eigenvalue weighted by Gasteiger charge is -2.30. The summed E-state index contributed by atoms with van der Waals surface area (Å²) in [7, 11) is 0. The van der Waals surface area contributed by atoms with Crippen molar-refractivity contribution in [3.63, 3.8) is 0 Å². The number of allylic oxidation sites excluding steroid dienone is 1. The minimum absolute atomic E-state index is 0.316. The third kappa shape index (κ3) is 6.29. The smallest absolute Gasteiger partial charge is 0.0750 e. The molecule has 0 saturated carbocycles. The zero-order valence-electron chi connectivity index (χ0n) is 11.5. The zero-order valence-corrected chi connectivity index (χ0v) is 11.5. The van der Waals surface area contributed by atoms with Crippen LogP contribution in [-0.4, -0.2) is 25.3 Å². The first-order chi connectivity index (χ1) is 7.67. The molecule has 0 bridgehead atoms. The van der Waals surface area contributed by atoms with Crippen LogP contribution in [0, 0.1) is 5.92 Å². The van der Waals surface area contributed by atoms with Gasteiger partial charge in [0.2, 0.25) is 0 Å². The van der Waals surface area contributed by atoms with Crippen LogP contribution in [0.15, 0.2) is 12.7 Å². The fraction of sp³-hybridized carbons (Fsp3) is 0.857. The van der Waals surface area contributed by atoms with Gasteiger partial charge in [0.15, 0.2) is 0 Å². The summed E-state index contributed by atoms with van der Waals surface area (Å²) in [6, 6.07) is 0.456. The number of nitrogens with one attached hydrogen (secondary N) is 1. The van der Waals surface area contributed by atoms with E-state index in [2.05, 4.69) is 39.6 Å². The molecule has 2 unspecified atom stereocenters. The van der Waals surface area contributed by atoms with E-state index in [1.807, 2.05) is 6.08 Å². The van der Waals surface area contributed by atoms with Gasteiger partial charge in [0.25, 0.3) is 0 Å². The normalized spacial score (nSPS) is 15.1. The van der Waals surface area contributed by atoms with E-state index in [0.717, 1.165) is 26.0 Å². The first kappa shape index (κ1) is 15.7. The van der Waals surface area contributed by atoms with Crippen molar-refractivity contribution >= 4 is 0 Å². The van der Waals surface area contributed by atoms with Crippen LogP contribution in [-0.2, 0) is 4.74 Å². The summed E-state index contributed by atoms with van der Waals surface area (Å²) in [4.78, 5) is 0. The van der Waals surface area contributed by atoms with Crippen molar-refractivity contribution in [2.24, 2.45) is 5.92 Å². The Hall–Kier alpha value is -0.340. The molecular weight excluding hydrogens is 198 g/mol. The average Bonchev–Trinajstić information content (AvgIpc) is 2.26. The Bertz CT molecular complexity index is 168. The molecule has 0 saturated heterocycles. The second-order valence-electron chi connectivity index (χ2n) is 4.59. The van der Waals surface area contributed by atoms with Gasteiger partial charge in [-0.15, -0.1) is 6.58 Å². The van der Waals surface area contributed by atoms with Crippen molar-refractivity contribution in [1.82, 2.24) is 5.32 Å². The number of hydrogen-bond acceptors (Lipinski definition) is 2. The first-order valence-corrected chi connectivity index (χ1v) is 6.63. The van der Waals surface area contributed by atoms with Crippen molar-refractivity contribution in [2.75, 3.05) is 13.2 Å². The predicted molar refractivity (Wildman–Crippen MR) is 71.8 cm³/mol. The minimum Gasteiger partial charge on any atom is -0.377 e. The Balaban J connectivity index is 4.32. The fourth-order valence-corrected chi connectivity index (χ4v) is 1.98. The lowest BCUT2D eigenvalue weighted by molar-refractivity contribution is 0.00176. The van der Waals surface area contributed by atoms with Gasteiger partial charge >= 0.3 is 0 Å². The summed E-state index contributed by atoms with van der Waals surface area (Å²) in [6.45, 7) is 14.4. The summed E-state index contributed by atoms with van der Waals surface area (Å²) in [5.41, 5.74) is 0. The van der Waals surface area contributed by atoms with Gasteiger partial charge in [-0.05, 0) is 38.6 Å². The van der Waals surface area contributed by atoms with Crippen LogP contribution in [0.4, 0.5) is 0 Å². The highest BCUT2D eigenvalue weighted by atomic mass is 16.5. The highest BCUT2D eigenvalue weighted by Gasteiger charge is 2.23. The summed E-state index contributed by atoms with van der Waals surface area (Å²) in [6.07, 6.45) is 5.65. The van der Waals surface area contributed by atoms with Gasteiger partial charge < -0.3 is 10.1 Å². The predicted octanol–water partition coefficient (Wildman–Crippen LogP) is 3.38. The highest BCUT2D eigenvalue weighted by molar-refractivity contribution is 4.82. The largest absolute Gasteiger partial charge is 0.377 e. The van der Waals surface area contributed by atoms with Crippen LogP contribution in [0.25, 0.3) is 0 Å². The first-order valence-electron chi connectivity index (χ1n) is 6.63. The maximum atomic E-state index is 5.86. The molecule has 0 aromatic rings. The molecule has 0 rings (SSSR count). The van der Waals surface area contributed by atoms with Crippen molar-refractivity contribution in [3.05, 3.63) is 12.7 Å². The van der Waals surface area contributed by atoms with Gasteiger partial charge in [-0.1, -0.05) is 26.8 Å². The molecule has 0 fully saturated rings. The van der Waals surface area contributed by atoms with E-state index in [0.29, 0.717) is 18.1 Å². The van der Waals surface area contributed by atoms with Gasteiger partial charge in [-0.2, -0.15) is 0 Å². The second-order valence-corrected chi connectivity index (χ2v) is 4.59.